The highest BCUT2D eigenvalue weighted by Crippen LogP contribution is 2.30. The first-order valence-corrected chi connectivity index (χ1v) is 8.15. The number of aryl methyl sites for hydroxylation is 2. The van der Waals surface area contributed by atoms with E-state index < -0.39 is 0 Å². The molecule has 1 N–H and O–H groups in total. The van der Waals surface area contributed by atoms with E-state index in [9.17, 15) is 9.59 Å². The third kappa shape index (κ3) is 3.09. The fourth-order valence-electron chi connectivity index (χ4n) is 2.99. The lowest BCUT2D eigenvalue weighted by atomic mass is 9.93. The van der Waals surface area contributed by atoms with Crippen molar-refractivity contribution in [3.05, 3.63) is 46.3 Å². The maximum Gasteiger partial charge on any atom is 0.289 e. The van der Waals surface area contributed by atoms with E-state index in [-0.39, 0.29) is 11.8 Å². The molecule has 2 aromatic heterocycles. The molecule has 2 aromatic rings. The molecule has 0 aromatic carbocycles. The van der Waals surface area contributed by atoms with Gasteiger partial charge in [-0.1, -0.05) is 0 Å². The van der Waals surface area contributed by atoms with Gasteiger partial charge in [-0.25, -0.2) is 5.43 Å². The van der Waals surface area contributed by atoms with E-state index in [2.05, 4.69) is 10.5 Å². The molecule has 0 aliphatic heterocycles. The van der Waals surface area contributed by atoms with Crippen LogP contribution in [-0.2, 0) is 6.42 Å². The molecule has 2 amide bonds. The molecule has 7 heteroatoms. The lowest BCUT2D eigenvalue weighted by Gasteiger charge is -2.13. The largest absolute Gasteiger partial charge is 0.469 e. The maximum absolute atomic E-state index is 12.3. The second kappa shape index (κ2) is 6.58. The molecule has 0 spiro atoms. The van der Waals surface area contributed by atoms with Gasteiger partial charge < -0.3 is 13.7 Å². The van der Waals surface area contributed by atoms with Crippen LogP contribution in [0.25, 0.3) is 0 Å². The van der Waals surface area contributed by atoms with Crippen molar-refractivity contribution in [2.45, 2.75) is 33.1 Å². The van der Waals surface area contributed by atoms with Gasteiger partial charge in [0.2, 0.25) is 0 Å². The first kappa shape index (κ1) is 17.0. The van der Waals surface area contributed by atoms with Gasteiger partial charge in [-0.3, -0.25) is 9.59 Å². The number of furan rings is 2. The van der Waals surface area contributed by atoms with Gasteiger partial charge in [-0.15, -0.1) is 0 Å². The van der Waals surface area contributed by atoms with E-state index in [1.165, 1.54) is 11.2 Å². The van der Waals surface area contributed by atoms with E-state index in [1.807, 2.05) is 6.92 Å². The number of hydrazone groups is 1. The van der Waals surface area contributed by atoms with Gasteiger partial charge in [0.25, 0.3) is 11.8 Å². The van der Waals surface area contributed by atoms with Crippen LogP contribution in [0.4, 0.5) is 0 Å². The third-order valence-corrected chi connectivity index (χ3v) is 4.32. The number of nitrogens with zero attached hydrogens (tertiary/aromatic N) is 2. The summed E-state index contributed by atoms with van der Waals surface area (Å²) in [6.45, 7) is 3.57. The Balaban J connectivity index is 1.90. The summed E-state index contributed by atoms with van der Waals surface area (Å²) < 4.78 is 10.9. The SMILES string of the molecule is Cc1occc1C(=O)N/N=C1\CCCc2oc(C(=O)N(C)C)c(C)c21. The average molecular weight is 343 g/mol. The molecule has 132 valence electrons. The number of hydrogen-bond acceptors (Lipinski definition) is 5. The van der Waals surface area contributed by atoms with E-state index in [1.54, 1.807) is 27.1 Å². The molecule has 1 aliphatic rings. The fourth-order valence-corrected chi connectivity index (χ4v) is 2.99. The van der Waals surface area contributed by atoms with Crippen LogP contribution in [0.5, 0.6) is 0 Å². The van der Waals surface area contributed by atoms with Crippen LogP contribution in [0, 0.1) is 13.8 Å². The highest BCUT2D eigenvalue weighted by molar-refractivity contribution is 6.07. The Labute approximate surface area is 145 Å². The summed E-state index contributed by atoms with van der Waals surface area (Å²) in [6.07, 6.45) is 3.79. The molecule has 1 aliphatic carbocycles. The molecule has 25 heavy (non-hydrogen) atoms. The Morgan fingerprint density at radius 2 is 2.00 bits per heavy atom. The van der Waals surface area contributed by atoms with Crippen molar-refractivity contribution in [2.24, 2.45) is 5.10 Å². The zero-order chi connectivity index (χ0) is 18.1. The number of amides is 2. The molecule has 0 unspecified atom stereocenters. The molecule has 0 radical (unpaired) electrons. The van der Waals surface area contributed by atoms with Gasteiger partial charge in [0, 0.05) is 31.6 Å². The van der Waals surface area contributed by atoms with Crippen LogP contribution in [0.1, 0.15) is 56.4 Å². The van der Waals surface area contributed by atoms with Gasteiger partial charge in [0.05, 0.1) is 17.5 Å². The third-order valence-electron chi connectivity index (χ3n) is 4.32. The van der Waals surface area contributed by atoms with Crippen LogP contribution < -0.4 is 5.43 Å². The normalized spacial score (nSPS) is 15.1. The Morgan fingerprint density at radius 3 is 2.64 bits per heavy atom. The second-order valence-electron chi connectivity index (χ2n) is 6.30. The lowest BCUT2D eigenvalue weighted by Crippen LogP contribution is -2.23. The minimum absolute atomic E-state index is 0.177. The summed E-state index contributed by atoms with van der Waals surface area (Å²) in [4.78, 5) is 26.0. The molecule has 7 nitrogen and oxygen atoms in total. The number of carbonyl (C=O) groups excluding carboxylic acids is 2. The fraction of sp³-hybridized carbons (Fsp3) is 0.389. The van der Waals surface area contributed by atoms with Crippen LogP contribution >= 0.6 is 0 Å². The van der Waals surface area contributed by atoms with E-state index >= 15 is 0 Å². The molecule has 0 fully saturated rings. The van der Waals surface area contributed by atoms with E-state index in [0.717, 1.165) is 35.4 Å². The second-order valence-corrected chi connectivity index (χ2v) is 6.30. The lowest BCUT2D eigenvalue weighted by molar-refractivity contribution is 0.0793. The highest BCUT2D eigenvalue weighted by Gasteiger charge is 2.28. The molecule has 0 atom stereocenters. The van der Waals surface area contributed by atoms with Gasteiger partial charge in [-0.2, -0.15) is 5.10 Å². The number of nitrogens with one attached hydrogen (secondary N) is 1. The van der Waals surface area contributed by atoms with Crippen LogP contribution in [0.15, 0.2) is 26.3 Å². The van der Waals surface area contributed by atoms with Gasteiger partial charge in [0.1, 0.15) is 11.5 Å². The van der Waals surface area contributed by atoms with Crippen molar-refractivity contribution in [2.75, 3.05) is 14.1 Å². The summed E-state index contributed by atoms with van der Waals surface area (Å²) in [7, 11) is 3.37. The maximum atomic E-state index is 12.3. The monoisotopic (exact) mass is 343 g/mol. The van der Waals surface area contributed by atoms with Crippen LogP contribution in [0.2, 0.25) is 0 Å². The van der Waals surface area contributed by atoms with Crippen molar-refractivity contribution in [3.8, 4) is 0 Å². The Kier molecular flexibility index (Phi) is 4.48. The van der Waals surface area contributed by atoms with Gasteiger partial charge in [0.15, 0.2) is 5.76 Å². The molecule has 0 saturated heterocycles. The minimum atomic E-state index is -0.323. The van der Waals surface area contributed by atoms with E-state index in [4.69, 9.17) is 8.83 Å². The van der Waals surface area contributed by atoms with Crippen molar-refractivity contribution in [1.29, 1.82) is 0 Å². The average Bonchev–Trinajstić information content (AvgIpc) is 3.16. The Hall–Kier alpha value is -2.83. The summed E-state index contributed by atoms with van der Waals surface area (Å²) >= 11 is 0. The molecule has 2 heterocycles. The van der Waals surface area contributed by atoms with E-state index in [0.29, 0.717) is 23.5 Å². The number of fused-ring (bicyclic) bond motifs is 1. The minimum Gasteiger partial charge on any atom is -0.469 e. The molecule has 0 bridgehead atoms. The first-order valence-electron chi connectivity index (χ1n) is 8.15. The molecule has 3 rings (SSSR count). The summed E-state index contributed by atoms with van der Waals surface area (Å²) in [5.41, 5.74) is 5.36. The van der Waals surface area contributed by atoms with Gasteiger partial charge >= 0.3 is 0 Å². The molecule has 0 saturated carbocycles. The summed E-state index contributed by atoms with van der Waals surface area (Å²) in [5.74, 6) is 1.13. The number of carbonyl (C=O) groups is 2. The zero-order valence-corrected chi connectivity index (χ0v) is 14.8. The van der Waals surface area contributed by atoms with Gasteiger partial charge in [-0.05, 0) is 32.8 Å². The van der Waals surface area contributed by atoms with Crippen molar-refractivity contribution in [3.63, 3.8) is 0 Å². The Morgan fingerprint density at radius 1 is 1.24 bits per heavy atom. The van der Waals surface area contributed by atoms with Crippen LogP contribution in [0.3, 0.4) is 0 Å². The number of rotatable bonds is 3. The van der Waals surface area contributed by atoms with Crippen LogP contribution in [-0.4, -0.2) is 36.5 Å². The zero-order valence-electron chi connectivity index (χ0n) is 14.8. The van der Waals surface area contributed by atoms with Crippen molar-refractivity contribution >= 4 is 17.5 Å². The number of hydrogen-bond donors (Lipinski definition) is 1. The molecular formula is C18H21N3O4. The Bertz CT molecular complexity index is 858. The molecular weight excluding hydrogens is 322 g/mol. The smallest absolute Gasteiger partial charge is 0.289 e. The van der Waals surface area contributed by atoms with Crippen molar-refractivity contribution in [1.82, 2.24) is 10.3 Å². The van der Waals surface area contributed by atoms with Crippen molar-refractivity contribution < 1.29 is 18.4 Å². The first-order chi connectivity index (χ1) is 11.9. The standard InChI is InChI=1S/C18H21N3O4/c1-10-15-13(19-20-17(22)12-8-9-24-11(12)2)6-5-7-14(15)25-16(10)18(23)21(3)4/h8-9H,5-7H2,1-4H3,(H,20,22)/b19-13+. The highest BCUT2D eigenvalue weighted by atomic mass is 16.4. The topological polar surface area (TPSA) is 88.0 Å². The predicted molar refractivity (Wildman–Crippen MR) is 91.8 cm³/mol. The summed E-state index contributed by atoms with van der Waals surface area (Å²) in [5, 5.41) is 4.29. The predicted octanol–water partition coefficient (Wildman–Crippen LogP) is 2.66. The quantitative estimate of drug-likeness (QED) is 0.868. The summed E-state index contributed by atoms with van der Waals surface area (Å²) in [6, 6.07) is 1.61.